The predicted octanol–water partition coefficient (Wildman–Crippen LogP) is 4.81. The van der Waals surface area contributed by atoms with Gasteiger partial charge in [0.25, 0.3) is 0 Å². The third-order valence-electron chi connectivity index (χ3n) is 4.66. The van der Waals surface area contributed by atoms with Crippen LogP contribution < -0.4 is 0 Å². The van der Waals surface area contributed by atoms with Gasteiger partial charge in [0.15, 0.2) is 0 Å². The van der Waals surface area contributed by atoms with E-state index in [1.807, 2.05) is 6.07 Å². The molecule has 3 rings (SSSR count). The molecule has 0 spiro atoms. The van der Waals surface area contributed by atoms with E-state index in [1.165, 1.54) is 11.1 Å². The smallest absolute Gasteiger partial charge is 0.0721 e. The summed E-state index contributed by atoms with van der Waals surface area (Å²) in [5, 5.41) is 0. The Bertz CT molecular complexity index is 623. The van der Waals surface area contributed by atoms with E-state index < -0.39 is 0 Å². The molecule has 0 unspecified atom stereocenters. The molecule has 2 aromatic rings. The van der Waals surface area contributed by atoms with Crippen LogP contribution >= 0.6 is 0 Å². The van der Waals surface area contributed by atoms with Crippen molar-refractivity contribution in [1.82, 2.24) is 4.90 Å². The molecule has 0 N–H and O–H groups in total. The van der Waals surface area contributed by atoms with Gasteiger partial charge in [-0.25, -0.2) is 0 Å². The number of hydrogen-bond acceptors (Lipinski definition) is 2. The van der Waals surface area contributed by atoms with Gasteiger partial charge in [-0.1, -0.05) is 72.8 Å². The minimum Gasteiger partial charge on any atom is -0.372 e. The highest BCUT2D eigenvalue weighted by molar-refractivity contribution is 5.16. The Morgan fingerprint density at radius 3 is 2.29 bits per heavy atom. The molecular weight excluding hydrogens is 294 g/mol. The molecule has 1 aliphatic heterocycles. The Morgan fingerprint density at radius 2 is 1.62 bits per heavy atom. The van der Waals surface area contributed by atoms with E-state index in [-0.39, 0.29) is 0 Å². The quantitative estimate of drug-likeness (QED) is 0.708. The van der Waals surface area contributed by atoms with Crippen molar-refractivity contribution in [3.63, 3.8) is 0 Å². The van der Waals surface area contributed by atoms with E-state index in [0.29, 0.717) is 18.8 Å². The van der Waals surface area contributed by atoms with Crippen LogP contribution in [0.4, 0.5) is 0 Å². The number of allylic oxidation sites excluding steroid dienone is 1. The Labute approximate surface area is 145 Å². The fourth-order valence-corrected chi connectivity index (χ4v) is 3.39. The zero-order valence-corrected chi connectivity index (χ0v) is 14.5. The van der Waals surface area contributed by atoms with Gasteiger partial charge in [0.1, 0.15) is 0 Å². The van der Waals surface area contributed by atoms with E-state index in [2.05, 4.69) is 78.6 Å². The van der Waals surface area contributed by atoms with E-state index >= 15 is 0 Å². The molecule has 24 heavy (non-hydrogen) atoms. The van der Waals surface area contributed by atoms with Gasteiger partial charge >= 0.3 is 0 Å². The van der Waals surface area contributed by atoms with Crippen LogP contribution in [-0.4, -0.2) is 23.6 Å². The van der Waals surface area contributed by atoms with E-state index in [4.69, 9.17) is 4.74 Å². The predicted molar refractivity (Wildman–Crippen MR) is 99.7 cm³/mol. The summed E-state index contributed by atoms with van der Waals surface area (Å²) in [6.07, 6.45) is 7.11. The summed E-state index contributed by atoms with van der Waals surface area (Å²) in [5.74, 6) is 0. The first-order chi connectivity index (χ1) is 11.8. The summed E-state index contributed by atoms with van der Waals surface area (Å²) in [6, 6.07) is 21.7. The molecule has 2 aromatic carbocycles. The summed E-state index contributed by atoms with van der Waals surface area (Å²) in [6.45, 7) is 4.80. The van der Waals surface area contributed by atoms with Crippen molar-refractivity contribution in [2.75, 3.05) is 6.54 Å². The average molecular weight is 321 g/mol. The lowest BCUT2D eigenvalue weighted by Crippen LogP contribution is -2.45. The van der Waals surface area contributed by atoms with Crippen LogP contribution in [0.25, 0.3) is 0 Å². The third-order valence-corrected chi connectivity index (χ3v) is 4.66. The van der Waals surface area contributed by atoms with Gasteiger partial charge in [-0.15, -0.1) is 0 Å². The summed E-state index contributed by atoms with van der Waals surface area (Å²) < 4.78 is 6.20. The molecule has 2 nitrogen and oxygen atoms in total. The lowest BCUT2D eigenvalue weighted by Gasteiger charge is -2.38. The molecule has 0 radical (unpaired) electrons. The van der Waals surface area contributed by atoms with Crippen molar-refractivity contribution < 1.29 is 4.74 Å². The largest absolute Gasteiger partial charge is 0.372 e. The van der Waals surface area contributed by atoms with Crippen LogP contribution in [0.15, 0.2) is 72.8 Å². The minimum absolute atomic E-state index is 0.315. The van der Waals surface area contributed by atoms with Gasteiger partial charge in [-0.3, -0.25) is 4.90 Å². The second-order valence-corrected chi connectivity index (χ2v) is 6.50. The number of likely N-dealkylation sites (tertiary alicyclic amines) is 1. The van der Waals surface area contributed by atoms with Crippen molar-refractivity contribution >= 4 is 0 Å². The van der Waals surface area contributed by atoms with Gasteiger partial charge in [-0.2, -0.15) is 0 Å². The number of nitrogens with zero attached hydrogens (tertiary/aromatic N) is 1. The molecule has 1 aliphatic rings. The maximum atomic E-state index is 6.20. The molecule has 0 aromatic heterocycles. The Balaban J connectivity index is 1.60. The van der Waals surface area contributed by atoms with Crippen LogP contribution in [0.5, 0.6) is 0 Å². The second-order valence-electron chi connectivity index (χ2n) is 6.50. The monoisotopic (exact) mass is 321 g/mol. The maximum Gasteiger partial charge on any atom is 0.0721 e. The number of piperidine rings is 1. The van der Waals surface area contributed by atoms with Crippen LogP contribution in [0.2, 0.25) is 0 Å². The zero-order valence-electron chi connectivity index (χ0n) is 14.5. The molecule has 0 amide bonds. The van der Waals surface area contributed by atoms with E-state index in [9.17, 15) is 0 Å². The highest BCUT2D eigenvalue weighted by atomic mass is 16.5. The molecule has 1 heterocycles. The Hall–Kier alpha value is -1.90. The molecular formula is C22H27NO. The molecule has 2 atom stereocenters. The number of ether oxygens (including phenoxy) is 1. The van der Waals surface area contributed by atoms with E-state index in [1.54, 1.807) is 0 Å². The molecule has 126 valence electrons. The van der Waals surface area contributed by atoms with Gasteiger partial charge in [0.05, 0.1) is 12.7 Å². The third kappa shape index (κ3) is 4.80. The zero-order chi connectivity index (χ0) is 16.6. The summed E-state index contributed by atoms with van der Waals surface area (Å²) in [4.78, 5) is 2.55. The van der Waals surface area contributed by atoms with Gasteiger partial charge in [-0.05, 0) is 30.9 Å². The Morgan fingerprint density at radius 1 is 0.958 bits per heavy atom. The highest BCUT2D eigenvalue weighted by Gasteiger charge is 2.27. The van der Waals surface area contributed by atoms with Crippen LogP contribution in [0.1, 0.15) is 30.9 Å². The topological polar surface area (TPSA) is 12.5 Å². The first-order valence-electron chi connectivity index (χ1n) is 8.91. The fourth-order valence-electron chi connectivity index (χ4n) is 3.39. The van der Waals surface area contributed by atoms with Crippen molar-refractivity contribution in [1.29, 1.82) is 0 Å². The highest BCUT2D eigenvalue weighted by Crippen LogP contribution is 2.23. The number of benzene rings is 2. The van der Waals surface area contributed by atoms with Crippen molar-refractivity contribution in [3.05, 3.63) is 83.9 Å². The number of rotatable bonds is 6. The second kappa shape index (κ2) is 8.81. The van der Waals surface area contributed by atoms with Gasteiger partial charge in [0.2, 0.25) is 0 Å². The van der Waals surface area contributed by atoms with E-state index in [0.717, 1.165) is 25.9 Å². The van der Waals surface area contributed by atoms with Crippen LogP contribution in [0.3, 0.4) is 0 Å². The van der Waals surface area contributed by atoms with Gasteiger partial charge in [0, 0.05) is 19.1 Å². The first kappa shape index (κ1) is 16.9. The van der Waals surface area contributed by atoms with Crippen molar-refractivity contribution in [3.8, 4) is 0 Å². The van der Waals surface area contributed by atoms with Crippen molar-refractivity contribution in [2.45, 2.75) is 45.1 Å². The SMILES string of the molecule is C/C=C\[C@@H]1CC[C@H](OCc2ccccc2)CN1Cc1ccccc1. The normalized spacial score (nSPS) is 22.0. The first-order valence-corrected chi connectivity index (χ1v) is 8.91. The molecule has 1 saturated heterocycles. The lowest BCUT2D eigenvalue weighted by atomic mass is 9.98. The molecule has 1 fully saturated rings. The Kier molecular flexibility index (Phi) is 6.22. The summed E-state index contributed by atoms with van der Waals surface area (Å²) in [7, 11) is 0. The summed E-state index contributed by atoms with van der Waals surface area (Å²) in [5.41, 5.74) is 2.62. The number of hydrogen-bond donors (Lipinski definition) is 0. The van der Waals surface area contributed by atoms with Crippen molar-refractivity contribution in [2.24, 2.45) is 0 Å². The van der Waals surface area contributed by atoms with Gasteiger partial charge < -0.3 is 4.74 Å². The lowest BCUT2D eigenvalue weighted by molar-refractivity contribution is -0.0234. The average Bonchev–Trinajstić information content (AvgIpc) is 2.64. The summed E-state index contributed by atoms with van der Waals surface area (Å²) >= 11 is 0. The fraction of sp³-hybridized carbons (Fsp3) is 0.364. The standard InChI is InChI=1S/C22H27NO/c1-2-9-21-14-15-22(24-18-20-12-7-4-8-13-20)17-23(21)16-19-10-5-3-6-11-19/h2-13,21-22H,14-18H2,1H3/b9-2-/t21-,22+/m1/s1. The molecule has 2 heteroatoms. The maximum absolute atomic E-state index is 6.20. The molecule has 0 aliphatic carbocycles. The molecule has 0 saturated carbocycles. The van der Waals surface area contributed by atoms with Crippen LogP contribution in [-0.2, 0) is 17.9 Å². The molecule has 0 bridgehead atoms. The van der Waals surface area contributed by atoms with Crippen LogP contribution in [0, 0.1) is 0 Å². The minimum atomic E-state index is 0.315.